The predicted octanol–water partition coefficient (Wildman–Crippen LogP) is 5.34. The van der Waals surface area contributed by atoms with Crippen LogP contribution < -0.4 is 4.74 Å². The number of hydrogen-bond donors (Lipinski definition) is 1. The first-order valence-corrected chi connectivity index (χ1v) is 20.3. The van der Waals surface area contributed by atoms with Crippen LogP contribution in [0.15, 0.2) is 146 Å². The lowest BCUT2D eigenvalue weighted by Crippen LogP contribution is -2.65. The number of aliphatic hydroxyl groups is 1. The Hall–Kier alpha value is -6.46. The van der Waals surface area contributed by atoms with Crippen molar-refractivity contribution < 1.29 is 71.7 Å². The molecule has 3 aliphatic rings. The molecule has 10 atom stereocenters. The SMILES string of the molecule is COc1ccc(CO[C@@H]2[C@H](O)[C@@H]3OC[C@@H](O3)[C@H]2O[C@@H]2O[C@H](COC(=O)c3ccccc3)[C@H](OC(=O)c3ccccc3)[C@H](OC(=O)c3ccccc3)[C@H]2OC(=O)c2ccccc2)cc1. The number of ether oxygens (including phenoxy) is 10. The molecular weight excluding hydrogens is 817 g/mol. The van der Waals surface area contributed by atoms with Crippen LogP contribution in [0.1, 0.15) is 47.0 Å². The Morgan fingerprint density at radius 3 is 1.59 bits per heavy atom. The minimum Gasteiger partial charge on any atom is -0.497 e. The lowest BCUT2D eigenvalue weighted by atomic mass is 9.96. The molecule has 3 saturated heterocycles. The van der Waals surface area contributed by atoms with E-state index in [0.29, 0.717) is 5.75 Å². The standard InChI is InChI=1S/C48H44O15/c1-54-34-24-22-29(23-25-34)26-55-40-37(49)47-57-28-36(58-47)38(40)63-48-42(62-46(53)33-20-12-5-13-21-33)41(61-45(52)32-18-10-4-11-19-32)39(60-44(51)31-16-8-3-9-17-31)35(59-48)27-56-43(50)30-14-6-2-7-15-30/h2-25,35-42,47-49H,26-28H2,1H3/t35-,36-,37+,38-,39+,40-,41+,42-,47-,48+/m1/s1. The molecule has 15 nitrogen and oxygen atoms in total. The summed E-state index contributed by atoms with van der Waals surface area (Å²) >= 11 is 0. The van der Waals surface area contributed by atoms with Crippen molar-refractivity contribution in [1.82, 2.24) is 0 Å². The minimum absolute atomic E-state index is 0.0160. The van der Waals surface area contributed by atoms with Crippen molar-refractivity contribution >= 4 is 23.9 Å². The molecule has 3 aliphatic heterocycles. The van der Waals surface area contributed by atoms with Gasteiger partial charge in [-0.25, -0.2) is 19.2 Å². The van der Waals surface area contributed by atoms with Crippen LogP contribution in [0.3, 0.4) is 0 Å². The molecule has 15 heteroatoms. The third-order valence-corrected chi connectivity index (χ3v) is 10.7. The molecule has 3 heterocycles. The highest BCUT2D eigenvalue weighted by atomic mass is 16.8. The van der Waals surface area contributed by atoms with Crippen LogP contribution >= 0.6 is 0 Å². The highest BCUT2D eigenvalue weighted by molar-refractivity contribution is 5.91. The lowest BCUT2D eigenvalue weighted by molar-refractivity contribution is -0.338. The van der Waals surface area contributed by atoms with Gasteiger partial charge in [-0.15, -0.1) is 0 Å². The number of rotatable bonds is 15. The summed E-state index contributed by atoms with van der Waals surface area (Å²) in [6.45, 7) is -0.553. The van der Waals surface area contributed by atoms with E-state index in [1.165, 1.54) is 36.4 Å². The van der Waals surface area contributed by atoms with E-state index >= 15 is 0 Å². The fourth-order valence-electron chi connectivity index (χ4n) is 7.42. The van der Waals surface area contributed by atoms with Gasteiger partial charge in [-0.05, 0) is 66.2 Å². The lowest BCUT2D eigenvalue weighted by Gasteiger charge is -2.47. The Labute approximate surface area is 362 Å². The normalized spacial score (nSPS) is 26.2. The second-order valence-corrected chi connectivity index (χ2v) is 14.8. The number of carbonyl (C=O) groups is 4. The van der Waals surface area contributed by atoms with Crippen molar-refractivity contribution in [2.45, 2.75) is 68.0 Å². The van der Waals surface area contributed by atoms with E-state index < -0.39 is 91.9 Å². The van der Waals surface area contributed by atoms with Crippen molar-refractivity contribution in [3.63, 3.8) is 0 Å². The molecule has 8 rings (SSSR count). The minimum atomic E-state index is -1.68. The molecule has 5 aromatic carbocycles. The number of fused-ring (bicyclic) bond motifs is 2. The van der Waals surface area contributed by atoms with Gasteiger partial charge < -0.3 is 52.5 Å². The first-order chi connectivity index (χ1) is 30.7. The maximum absolute atomic E-state index is 14.1. The Morgan fingerprint density at radius 2 is 1.06 bits per heavy atom. The maximum Gasteiger partial charge on any atom is 0.338 e. The van der Waals surface area contributed by atoms with Gasteiger partial charge in [0.2, 0.25) is 0 Å². The molecular formula is C48H44O15. The van der Waals surface area contributed by atoms with Crippen LogP contribution in [-0.2, 0) is 49.2 Å². The Morgan fingerprint density at radius 1 is 0.571 bits per heavy atom. The third-order valence-electron chi connectivity index (χ3n) is 10.7. The molecule has 63 heavy (non-hydrogen) atoms. The van der Waals surface area contributed by atoms with Crippen molar-refractivity contribution in [2.24, 2.45) is 0 Å². The van der Waals surface area contributed by atoms with Gasteiger partial charge in [0, 0.05) is 0 Å². The number of aliphatic hydroxyl groups excluding tert-OH is 1. The Kier molecular flexibility index (Phi) is 13.8. The van der Waals surface area contributed by atoms with Gasteiger partial charge in [-0.1, -0.05) is 84.9 Å². The Bertz CT molecular complexity index is 2290. The van der Waals surface area contributed by atoms with E-state index in [2.05, 4.69) is 0 Å². The van der Waals surface area contributed by atoms with Crippen molar-refractivity contribution in [1.29, 1.82) is 0 Å². The highest BCUT2D eigenvalue weighted by Gasteiger charge is 2.58. The molecule has 0 aliphatic carbocycles. The predicted molar refractivity (Wildman–Crippen MR) is 219 cm³/mol. The second kappa shape index (κ2) is 20.2. The summed E-state index contributed by atoms with van der Waals surface area (Å²) in [5.74, 6) is -2.67. The van der Waals surface area contributed by atoms with Crippen LogP contribution in [0.5, 0.6) is 5.75 Å². The summed E-state index contributed by atoms with van der Waals surface area (Å²) in [6, 6.07) is 39.4. The van der Waals surface area contributed by atoms with Crippen molar-refractivity contribution in [3.05, 3.63) is 173 Å². The van der Waals surface area contributed by atoms with Gasteiger partial charge in [0.1, 0.15) is 42.9 Å². The number of carbonyl (C=O) groups excluding carboxylic acids is 4. The molecule has 326 valence electrons. The molecule has 2 bridgehead atoms. The van der Waals surface area contributed by atoms with Gasteiger partial charge >= 0.3 is 23.9 Å². The van der Waals surface area contributed by atoms with Crippen LogP contribution in [0.25, 0.3) is 0 Å². The van der Waals surface area contributed by atoms with Crippen LogP contribution in [0.4, 0.5) is 0 Å². The van der Waals surface area contributed by atoms with E-state index in [0.717, 1.165) is 5.56 Å². The summed E-state index contributed by atoms with van der Waals surface area (Å²) in [5, 5.41) is 11.5. The largest absolute Gasteiger partial charge is 0.497 e. The maximum atomic E-state index is 14.1. The average Bonchev–Trinajstić information content (AvgIpc) is 3.79. The van der Waals surface area contributed by atoms with Crippen LogP contribution in [0.2, 0.25) is 0 Å². The quantitative estimate of drug-likeness (QED) is 0.105. The Balaban J connectivity index is 1.18. The number of hydrogen-bond acceptors (Lipinski definition) is 15. The van der Waals surface area contributed by atoms with E-state index in [1.807, 2.05) is 0 Å². The number of esters is 4. The molecule has 0 unspecified atom stereocenters. The van der Waals surface area contributed by atoms with E-state index in [-0.39, 0.29) is 35.5 Å². The summed E-state index contributed by atoms with van der Waals surface area (Å²) in [4.78, 5) is 55.4. The van der Waals surface area contributed by atoms with Crippen molar-refractivity contribution in [3.8, 4) is 5.75 Å². The molecule has 3 fully saturated rings. The van der Waals surface area contributed by atoms with Gasteiger partial charge in [-0.3, -0.25) is 0 Å². The first kappa shape index (κ1) is 43.2. The zero-order chi connectivity index (χ0) is 43.7. The number of methoxy groups -OCH3 is 1. The molecule has 1 N–H and O–H groups in total. The first-order valence-electron chi connectivity index (χ1n) is 20.3. The smallest absolute Gasteiger partial charge is 0.338 e. The van der Waals surface area contributed by atoms with Gasteiger partial charge in [-0.2, -0.15) is 0 Å². The zero-order valence-electron chi connectivity index (χ0n) is 33.9. The fraction of sp³-hybridized carbons (Fsp3) is 0.292. The molecule has 0 amide bonds. The zero-order valence-corrected chi connectivity index (χ0v) is 33.9. The fourth-order valence-corrected chi connectivity index (χ4v) is 7.42. The van der Waals surface area contributed by atoms with E-state index in [4.69, 9.17) is 47.4 Å². The van der Waals surface area contributed by atoms with Gasteiger partial charge in [0.05, 0.1) is 42.6 Å². The van der Waals surface area contributed by atoms with Gasteiger partial charge in [0.15, 0.2) is 30.9 Å². The summed E-state index contributed by atoms with van der Waals surface area (Å²) < 4.78 is 61.0. The van der Waals surface area contributed by atoms with Gasteiger partial charge in [0.25, 0.3) is 0 Å². The monoisotopic (exact) mass is 860 g/mol. The molecule has 0 spiro atoms. The topological polar surface area (TPSA) is 181 Å². The van der Waals surface area contributed by atoms with Crippen LogP contribution in [0, 0.1) is 0 Å². The number of benzene rings is 5. The molecule has 0 radical (unpaired) electrons. The molecule has 0 saturated carbocycles. The molecule has 0 aromatic heterocycles. The highest BCUT2D eigenvalue weighted by Crippen LogP contribution is 2.37. The van der Waals surface area contributed by atoms with E-state index in [9.17, 15) is 24.3 Å². The summed E-state index contributed by atoms with van der Waals surface area (Å²) in [7, 11) is 1.56. The van der Waals surface area contributed by atoms with Crippen LogP contribution in [-0.4, -0.2) is 111 Å². The third kappa shape index (κ3) is 10.3. The van der Waals surface area contributed by atoms with E-state index in [1.54, 1.807) is 116 Å². The summed E-state index contributed by atoms with van der Waals surface area (Å²) in [6.07, 6.45) is -13.5. The molecule has 5 aromatic rings. The van der Waals surface area contributed by atoms with Crippen molar-refractivity contribution in [2.75, 3.05) is 20.3 Å². The summed E-state index contributed by atoms with van der Waals surface area (Å²) in [5.41, 5.74) is 1.37. The second-order valence-electron chi connectivity index (χ2n) is 14.8. The average molecular weight is 861 g/mol.